The largest absolute Gasteiger partial charge is 0.313 e. The number of hydrogen-bond acceptors (Lipinski definition) is 2. The zero-order chi connectivity index (χ0) is 9.26. The molecule has 0 aliphatic carbocycles. The number of rotatable bonds is 1. The Morgan fingerprint density at radius 2 is 2.23 bits per heavy atom. The maximum absolute atomic E-state index is 9.65. The number of hydroxylamine groups is 2. The highest BCUT2D eigenvalue weighted by atomic mass is 16.5. The molecule has 1 atom stereocenters. The Balaban J connectivity index is 2.39. The van der Waals surface area contributed by atoms with Gasteiger partial charge in [-0.15, -0.1) is 0 Å². The highest BCUT2D eigenvalue weighted by Crippen LogP contribution is 2.30. The zero-order valence-electron chi connectivity index (χ0n) is 7.90. The van der Waals surface area contributed by atoms with Gasteiger partial charge in [0.25, 0.3) is 0 Å². The molecule has 2 heteroatoms. The first-order valence-corrected chi connectivity index (χ1v) is 4.86. The minimum atomic E-state index is 0.199. The summed E-state index contributed by atoms with van der Waals surface area (Å²) in [4.78, 5) is 0. The lowest BCUT2D eigenvalue weighted by Crippen LogP contribution is -2.32. The third-order valence-corrected chi connectivity index (χ3v) is 2.77. The van der Waals surface area contributed by atoms with E-state index in [1.54, 1.807) is 0 Å². The van der Waals surface area contributed by atoms with Crippen LogP contribution in [0.15, 0.2) is 24.3 Å². The summed E-state index contributed by atoms with van der Waals surface area (Å²) in [5.74, 6) is 0. The van der Waals surface area contributed by atoms with E-state index in [4.69, 9.17) is 0 Å². The molecule has 2 rings (SSSR count). The lowest BCUT2D eigenvalue weighted by atomic mass is 9.93. The van der Waals surface area contributed by atoms with Crippen molar-refractivity contribution in [1.29, 1.82) is 0 Å². The van der Waals surface area contributed by atoms with Gasteiger partial charge in [-0.25, -0.2) is 0 Å². The molecule has 1 aromatic rings. The molecule has 13 heavy (non-hydrogen) atoms. The van der Waals surface area contributed by atoms with Crippen molar-refractivity contribution in [2.24, 2.45) is 0 Å². The number of nitrogens with zero attached hydrogens (tertiary/aromatic N) is 1. The maximum atomic E-state index is 9.65. The molecule has 2 nitrogen and oxygen atoms in total. The van der Waals surface area contributed by atoms with Crippen LogP contribution in [0.1, 0.15) is 30.5 Å². The molecule has 0 spiro atoms. The first-order valence-electron chi connectivity index (χ1n) is 4.86. The molecule has 1 N–H and O–H groups in total. The molecule has 1 aliphatic rings. The molecular weight excluding hydrogens is 162 g/mol. The van der Waals surface area contributed by atoms with Crippen molar-refractivity contribution >= 4 is 0 Å². The molecule has 0 fully saturated rings. The van der Waals surface area contributed by atoms with Gasteiger partial charge in [-0.1, -0.05) is 31.2 Å². The van der Waals surface area contributed by atoms with E-state index in [2.05, 4.69) is 25.1 Å². The Morgan fingerprint density at radius 3 is 3.00 bits per heavy atom. The molecule has 0 saturated carbocycles. The average Bonchev–Trinajstić information content (AvgIpc) is 2.18. The van der Waals surface area contributed by atoms with Crippen LogP contribution in [0.3, 0.4) is 0 Å². The minimum absolute atomic E-state index is 0.199. The number of fused-ring (bicyclic) bond motifs is 1. The summed E-state index contributed by atoms with van der Waals surface area (Å²) in [6.07, 6.45) is 1.93. The predicted molar refractivity (Wildman–Crippen MR) is 51.7 cm³/mol. The van der Waals surface area contributed by atoms with Crippen molar-refractivity contribution in [3.63, 3.8) is 0 Å². The predicted octanol–water partition coefficient (Wildman–Crippen LogP) is 2.38. The highest BCUT2D eigenvalue weighted by Gasteiger charge is 2.23. The lowest BCUT2D eigenvalue weighted by molar-refractivity contribution is -0.134. The fourth-order valence-corrected chi connectivity index (χ4v) is 2.07. The first kappa shape index (κ1) is 8.73. The molecule has 0 saturated heterocycles. The molecule has 0 amide bonds. The van der Waals surface area contributed by atoms with Gasteiger partial charge in [0.15, 0.2) is 0 Å². The quantitative estimate of drug-likeness (QED) is 0.712. The third kappa shape index (κ3) is 1.47. The van der Waals surface area contributed by atoms with E-state index in [9.17, 15) is 5.21 Å². The van der Waals surface area contributed by atoms with Crippen LogP contribution in [-0.4, -0.2) is 16.8 Å². The van der Waals surface area contributed by atoms with Gasteiger partial charge in [-0.05, 0) is 24.0 Å². The summed E-state index contributed by atoms with van der Waals surface area (Å²) in [7, 11) is 0. The maximum Gasteiger partial charge on any atom is 0.0599 e. The van der Waals surface area contributed by atoms with Crippen molar-refractivity contribution in [1.82, 2.24) is 5.06 Å². The Hall–Kier alpha value is -0.860. The summed E-state index contributed by atoms with van der Waals surface area (Å²) < 4.78 is 0. The van der Waals surface area contributed by atoms with E-state index in [1.807, 2.05) is 6.07 Å². The second-order valence-corrected chi connectivity index (χ2v) is 3.54. The van der Waals surface area contributed by atoms with Crippen LogP contribution in [0.2, 0.25) is 0 Å². The van der Waals surface area contributed by atoms with Crippen molar-refractivity contribution in [3.8, 4) is 0 Å². The standard InChI is InChI=1S/C11H15NO/c1-2-11-10-6-4-3-5-9(10)7-8-12(11)13/h3-6,11,13H,2,7-8H2,1H3/t11-/m0/s1. The molecule has 0 unspecified atom stereocenters. The van der Waals surface area contributed by atoms with Crippen LogP contribution in [0.4, 0.5) is 0 Å². The van der Waals surface area contributed by atoms with Gasteiger partial charge in [0.2, 0.25) is 0 Å². The van der Waals surface area contributed by atoms with Gasteiger partial charge in [0, 0.05) is 6.54 Å². The van der Waals surface area contributed by atoms with Crippen LogP contribution < -0.4 is 0 Å². The Kier molecular flexibility index (Phi) is 2.34. The topological polar surface area (TPSA) is 23.5 Å². The normalized spacial score (nSPS) is 22.8. The fraction of sp³-hybridized carbons (Fsp3) is 0.455. The molecule has 0 bridgehead atoms. The van der Waals surface area contributed by atoms with E-state index in [0.717, 1.165) is 19.4 Å². The number of benzene rings is 1. The van der Waals surface area contributed by atoms with Crippen LogP contribution in [0, 0.1) is 0 Å². The second-order valence-electron chi connectivity index (χ2n) is 3.54. The fourth-order valence-electron chi connectivity index (χ4n) is 2.07. The van der Waals surface area contributed by atoms with Crippen LogP contribution in [-0.2, 0) is 6.42 Å². The van der Waals surface area contributed by atoms with Gasteiger partial charge in [-0.2, -0.15) is 5.06 Å². The van der Waals surface area contributed by atoms with Crippen LogP contribution in [0.25, 0.3) is 0 Å². The van der Waals surface area contributed by atoms with Gasteiger partial charge >= 0.3 is 0 Å². The Labute approximate surface area is 78.8 Å². The third-order valence-electron chi connectivity index (χ3n) is 2.77. The molecule has 1 heterocycles. The van der Waals surface area contributed by atoms with Crippen molar-refractivity contribution in [2.45, 2.75) is 25.8 Å². The van der Waals surface area contributed by atoms with Gasteiger partial charge in [-0.3, -0.25) is 0 Å². The Bertz CT molecular complexity index is 298. The molecule has 1 aliphatic heterocycles. The second kappa shape index (κ2) is 3.48. The molecule has 0 radical (unpaired) electrons. The lowest BCUT2D eigenvalue weighted by Gasteiger charge is -2.31. The summed E-state index contributed by atoms with van der Waals surface area (Å²) in [6.45, 7) is 2.87. The van der Waals surface area contributed by atoms with E-state index < -0.39 is 0 Å². The average molecular weight is 177 g/mol. The van der Waals surface area contributed by atoms with Crippen molar-refractivity contribution in [2.75, 3.05) is 6.54 Å². The van der Waals surface area contributed by atoms with Crippen molar-refractivity contribution in [3.05, 3.63) is 35.4 Å². The smallest absolute Gasteiger partial charge is 0.0599 e. The molecular formula is C11H15NO. The molecule has 0 aromatic heterocycles. The monoisotopic (exact) mass is 177 g/mol. The van der Waals surface area contributed by atoms with E-state index in [1.165, 1.54) is 16.2 Å². The highest BCUT2D eigenvalue weighted by molar-refractivity contribution is 5.31. The van der Waals surface area contributed by atoms with Gasteiger partial charge in [0.1, 0.15) is 0 Å². The zero-order valence-corrected chi connectivity index (χ0v) is 7.90. The van der Waals surface area contributed by atoms with Crippen molar-refractivity contribution < 1.29 is 5.21 Å². The van der Waals surface area contributed by atoms with E-state index >= 15 is 0 Å². The summed E-state index contributed by atoms with van der Waals surface area (Å²) in [6, 6.07) is 8.58. The summed E-state index contributed by atoms with van der Waals surface area (Å²) in [5.41, 5.74) is 2.68. The van der Waals surface area contributed by atoms with E-state index in [-0.39, 0.29) is 6.04 Å². The SMILES string of the molecule is CC[C@H]1c2ccccc2CCN1O. The summed E-state index contributed by atoms with van der Waals surface area (Å²) in [5, 5.41) is 11.1. The first-order chi connectivity index (χ1) is 6.33. The Morgan fingerprint density at radius 1 is 1.46 bits per heavy atom. The van der Waals surface area contributed by atoms with Crippen LogP contribution in [0.5, 0.6) is 0 Å². The van der Waals surface area contributed by atoms with Crippen LogP contribution >= 0.6 is 0 Å². The van der Waals surface area contributed by atoms with E-state index in [0.29, 0.717) is 0 Å². The molecule has 70 valence electrons. The molecule has 1 aromatic carbocycles. The van der Waals surface area contributed by atoms with Gasteiger partial charge in [0.05, 0.1) is 6.04 Å². The van der Waals surface area contributed by atoms with Gasteiger partial charge < -0.3 is 5.21 Å². The minimum Gasteiger partial charge on any atom is -0.313 e. The number of hydrogen-bond donors (Lipinski definition) is 1. The summed E-state index contributed by atoms with van der Waals surface area (Å²) >= 11 is 0.